The number of aryl methyl sites for hydroxylation is 1. The van der Waals surface area contributed by atoms with Crippen LogP contribution in [0, 0.1) is 6.92 Å². The van der Waals surface area contributed by atoms with Crippen molar-refractivity contribution in [3.63, 3.8) is 0 Å². The highest BCUT2D eigenvalue weighted by molar-refractivity contribution is 6.35. The van der Waals surface area contributed by atoms with Gasteiger partial charge in [0.15, 0.2) is 5.76 Å². The van der Waals surface area contributed by atoms with Crippen LogP contribution in [0.2, 0.25) is 10.0 Å². The Kier molecular flexibility index (Phi) is 5.43. The SMILES string of the molecule is Cc1ccc(C(=O)N/N=C\c2cn(Cc3ccc(Cl)cc3Cl)c3ccccc23)o1. The molecule has 0 aliphatic heterocycles. The monoisotopic (exact) mass is 425 g/mol. The summed E-state index contributed by atoms with van der Waals surface area (Å²) in [5.74, 6) is 0.494. The van der Waals surface area contributed by atoms with Crippen LogP contribution < -0.4 is 5.43 Å². The zero-order valence-corrected chi connectivity index (χ0v) is 17.0. The van der Waals surface area contributed by atoms with Gasteiger partial charge < -0.3 is 8.98 Å². The van der Waals surface area contributed by atoms with Crippen molar-refractivity contribution in [1.29, 1.82) is 0 Å². The van der Waals surface area contributed by atoms with E-state index in [9.17, 15) is 4.79 Å². The molecule has 29 heavy (non-hydrogen) atoms. The summed E-state index contributed by atoms with van der Waals surface area (Å²) >= 11 is 12.3. The third-order valence-electron chi connectivity index (χ3n) is 4.51. The Balaban J connectivity index is 1.59. The number of rotatable bonds is 5. The summed E-state index contributed by atoms with van der Waals surface area (Å²) in [5.41, 5.74) is 5.36. The second-order valence-electron chi connectivity index (χ2n) is 6.57. The van der Waals surface area contributed by atoms with Gasteiger partial charge in [0.25, 0.3) is 0 Å². The van der Waals surface area contributed by atoms with Crippen molar-refractivity contribution in [1.82, 2.24) is 9.99 Å². The van der Waals surface area contributed by atoms with Gasteiger partial charge in [-0.2, -0.15) is 5.10 Å². The fraction of sp³-hybridized carbons (Fsp3) is 0.0909. The van der Waals surface area contributed by atoms with Gasteiger partial charge in [-0.3, -0.25) is 4.79 Å². The molecule has 146 valence electrons. The molecule has 0 spiro atoms. The van der Waals surface area contributed by atoms with Crippen molar-refractivity contribution in [2.24, 2.45) is 5.10 Å². The van der Waals surface area contributed by atoms with Gasteiger partial charge in [0, 0.05) is 39.3 Å². The van der Waals surface area contributed by atoms with Gasteiger partial charge in [-0.25, -0.2) is 5.43 Å². The van der Waals surface area contributed by atoms with Gasteiger partial charge in [-0.1, -0.05) is 47.5 Å². The Bertz CT molecular complexity index is 1220. The molecule has 0 aliphatic rings. The quantitative estimate of drug-likeness (QED) is 0.331. The molecule has 0 unspecified atom stereocenters. The van der Waals surface area contributed by atoms with Gasteiger partial charge in [-0.05, 0) is 42.8 Å². The molecule has 5 nitrogen and oxygen atoms in total. The average Bonchev–Trinajstić information content (AvgIpc) is 3.28. The largest absolute Gasteiger partial charge is 0.456 e. The molecular weight excluding hydrogens is 409 g/mol. The van der Waals surface area contributed by atoms with E-state index in [1.807, 2.05) is 42.6 Å². The van der Waals surface area contributed by atoms with Crippen LogP contribution in [0.3, 0.4) is 0 Å². The molecule has 4 rings (SSSR count). The van der Waals surface area contributed by atoms with E-state index in [2.05, 4.69) is 15.1 Å². The van der Waals surface area contributed by atoms with Gasteiger partial charge >= 0.3 is 5.91 Å². The van der Waals surface area contributed by atoms with E-state index in [0.29, 0.717) is 22.4 Å². The maximum absolute atomic E-state index is 12.1. The summed E-state index contributed by atoms with van der Waals surface area (Å²) in [6.45, 7) is 2.37. The first-order valence-corrected chi connectivity index (χ1v) is 9.68. The van der Waals surface area contributed by atoms with Crippen molar-refractivity contribution in [2.75, 3.05) is 0 Å². The van der Waals surface area contributed by atoms with Crippen LogP contribution in [0.1, 0.15) is 27.4 Å². The number of nitrogens with zero attached hydrogens (tertiary/aromatic N) is 2. The van der Waals surface area contributed by atoms with Crippen molar-refractivity contribution in [2.45, 2.75) is 13.5 Å². The molecule has 1 N–H and O–H groups in total. The van der Waals surface area contributed by atoms with E-state index in [1.54, 1.807) is 31.3 Å². The molecule has 2 heterocycles. The van der Waals surface area contributed by atoms with Crippen LogP contribution in [-0.4, -0.2) is 16.7 Å². The third kappa shape index (κ3) is 4.21. The highest BCUT2D eigenvalue weighted by Crippen LogP contribution is 2.25. The molecule has 0 bridgehead atoms. The van der Waals surface area contributed by atoms with Crippen LogP contribution in [0.15, 0.2) is 70.3 Å². The number of furan rings is 1. The fourth-order valence-electron chi connectivity index (χ4n) is 3.11. The number of hydrazone groups is 1. The molecule has 0 radical (unpaired) electrons. The highest BCUT2D eigenvalue weighted by Gasteiger charge is 2.11. The second-order valence-corrected chi connectivity index (χ2v) is 7.42. The summed E-state index contributed by atoms with van der Waals surface area (Å²) in [6, 6.07) is 16.8. The summed E-state index contributed by atoms with van der Waals surface area (Å²) in [5, 5.41) is 6.32. The molecule has 4 aromatic rings. The van der Waals surface area contributed by atoms with E-state index < -0.39 is 5.91 Å². The van der Waals surface area contributed by atoms with Gasteiger partial charge in [0.05, 0.1) is 6.21 Å². The zero-order valence-electron chi connectivity index (χ0n) is 15.5. The molecule has 7 heteroatoms. The molecule has 0 saturated heterocycles. The molecule has 0 aliphatic carbocycles. The lowest BCUT2D eigenvalue weighted by Gasteiger charge is -2.08. The average molecular weight is 426 g/mol. The maximum atomic E-state index is 12.1. The Hall–Kier alpha value is -3.02. The number of aromatic nitrogens is 1. The van der Waals surface area contributed by atoms with Gasteiger partial charge in [0.2, 0.25) is 0 Å². The van der Waals surface area contributed by atoms with Gasteiger partial charge in [-0.15, -0.1) is 0 Å². The number of nitrogens with one attached hydrogen (secondary N) is 1. The van der Waals surface area contributed by atoms with Crippen LogP contribution in [0.25, 0.3) is 10.9 Å². The molecule has 2 aromatic carbocycles. The Morgan fingerprint density at radius 1 is 1.17 bits per heavy atom. The third-order valence-corrected chi connectivity index (χ3v) is 5.10. The van der Waals surface area contributed by atoms with E-state index >= 15 is 0 Å². The number of halogens is 2. The summed E-state index contributed by atoms with van der Waals surface area (Å²) in [6.07, 6.45) is 3.60. The summed E-state index contributed by atoms with van der Waals surface area (Å²) < 4.78 is 7.38. The molecule has 1 amide bonds. The number of hydrogen-bond acceptors (Lipinski definition) is 3. The summed E-state index contributed by atoms with van der Waals surface area (Å²) in [7, 11) is 0. The zero-order chi connectivity index (χ0) is 20.4. The number of carbonyl (C=O) groups is 1. The minimum Gasteiger partial charge on any atom is -0.456 e. The lowest BCUT2D eigenvalue weighted by Crippen LogP contribution is -2.16. The van der Waals surface area contributed by atoms with E-state index in [-0.39, 0.29) is 5.76 Å². The first-order valence-electron chi connectivity index (χ1n) is 8.93. The number of carbonyl (C=O) groups excluding carboxylic acids is 1. The predicted octanol–water partition coefficient (Wildman–Crippen LogP) is 5.66. The molecular formula is C22H17Cl2N3O2. The summed E-state index contributed by atoms with van der Waals surface area (Å²) in [4.78, 5) is 12.1. The van der Waals surface area contributed by atoms with E-state index in [1.165, 1.54) is 0 Å². The molecule has 0 atom stereocenters. The Morgan fingerprint density at radius 3 is 2.76 bits per heavy atom. The number of hydrogen-bond donors (Lipinski definition) is 1. The minimum absolute atomic E-state index is 0.222. The van der Waals surface area contributed by atoms with Crippen molar-refractivity contribution in [3.8, 4) is 0 Å². The Labute approximate surface area is 177 Å². The van der Waals surface area contributed by atoms with E-state index in [0.717, 1.165) is 22.0 Å². The standard InChI is InChI=1S/C22H17Cl2N3O2/c1-14-6-9-21(29-14)22(28)26-25-11-16-13-27(20-5-3-2-4-18(16)20)12-15-7-8-17(23)10-19(15)24/h2-11,13H,12H2,1H3,(H,26,28)/b25-11-. The van der Waals surface area contributed by atoms with Crippen LogP contribution in [-0.2, 0) is 6.54 Å². The van der Waals surface area contributed by atoms with Crippen LogP contribution in [0.4, 0.5) is 0 Å². The molecule has 2 aromatic heterocycles. The number of para-hydroxylation sites is 1. The topological polar surface area (TPSA) is 59.5 Å². The van der Waals surface area contributed by atoms with Crippen LogP contribution >= 0.6 is 23.2 Å². The van der Waals surface area contributed by atoms with Gasteiger partial charge in [0.1, 0.15) is 5.76 Å². The molecule has 0 saturated carbocycles. The minimum atomic E-state index is -0.397. The first-order chi connectivity index (χ1) is 14.0. The normalized spacial score (nSPS) is 11.4. The first kappa shape index (κ1) is 19.3. The van der Waals surface area contributed by atoms with Crippen LogP contribution in [0.5, 0.6) is 0 Å². The Morgan fingerprint density at radius 2 is 2.00 bits per heavy atom. The van der Waals surface area contributed by atoms with Crippen molar-refractivity contribution >= 4 is 46.2 Å². The lowest BCUT2D eigenvalue weighted by atomic mass is 10.2. The second kappa shape index (κ2) is 8.15. The fourth-order valence-corrected chi connectivity index (χ4v) is 3.58. The highest BCUT2D eigenvalue weighted by atomic mass is 35.5. The number of fused-ring (bicyclic) bond motifs is 1. The number of benzene rings is 2. The smallest absolute Gasteiger partial charge is 0.307 e. The number of amides is 1. The van der Waals surface area contributed by atoms with Crippen molar-refractivity contribution in [3.05, 3.63) is 93.5 Å². The molecule has 0 fully saturated rings. The van der Waals surface area contributed by atoms with E-state index in [4.69, 9.17) is 27.6 Å². The maximum Gasteiger partial charge on any atom is 0.307 e. The predicted molar refractivity (Wildman–Crippen MR) is 116 cm³/mol. The van der Waals surface area contributed by atoms with Crippen molar-refractivity contribution < 1.29 is 9.21 Å². The lowest BCUT2D eigenvalue weighted by molar-refractivity contribution is 0.0926.